The summed E-state index contributed by atoms with van der Waals surface area (Å²) in [7, 11) is 5.82. The zero-order chi connectivity index (χ0) is 19.2. The zero-order valence-corrected chi connectivity index (χ0v) is 17.9. The van der Waals surface area contributed by atoms with Gasteiger partial charge in [-0.05, 0) is 61.9 Å². The molecule has 0 spiro atoms. The lowest BCUT2D eigenvalue weighted by Crippen LogP contribution is -2.52. The molecule has 1 saturated carbocycles. The summed E-state index contributed by atoms with van der Waals surface area (Å²) in [6.45, 7) is 3.11. The molecule has 2 rings (SSSR count). The highest BCUT2D eigenvalue weighted by molar-refractivity contribution is 9.10. The van der Waals surface area contributed by atoms with Crippen molar-refractivity contribution in [1.29, 1.82) is 0 Å². The fourth-order valence-corrected chi connectivity index (χ4v) is 4.21. The first-order valence-corrected chi connectivity index (χ1v) is 10.2. The number of carbonyl (C=O) groups is 1. The fourth-order valence-electron chi connectivity index (χ4n) is 3.65. The van der Waals surface area contributed by atoms with Crippen molar-refractivity contribution in [2.75, 3.05) is 34.4 Å². The molecule has 0 aromatic heterocycles. The van der Waals surface area contributed by atoms with Crippen LogP contribution in [0, 0.1) is 0 Å². The van der Waals surface area contributed by atoms with E-state index >= 15 is 0 Å². The van der Waals surface area contributed by atoms with Crippen LogP contribution in [0.25, 0.3) is 0 Å². The predicted octanol–water partition coefficient (Wildman–Crippen LogP) is 4.24. The van der Waals surface area contributed by atoms with Crippen molar-refractivity contribution in [3.8, 4) is 11.5 Å². The molecule has 0 saturated heterocycles. The van der Waals surface area contributed by atoms with Gasteiger partial charge < -0.3 is 19.7 Å². The Morgan fingerprint density at radius 1 is 1.23 bits per heavy atom. The molecule has 0 unspecified atom stereocenters. The first kappa shape index (κ1) is 21.0. The molecule has 1 fully saturated rings. The summed E-state index contributed by atoms with van der Waals surface area (Å²) in [5.74, 6) is 1.10. The van der Waals surface area contributed by atoms with Crippen LogP contribution in [0.15, 0.2) is 16.6 Å². The van der Waals surface area contributed by atoms with Crippen LogP contribution in [-0.4, -0.2) is 50.7 Å². The quantitative estimate of drug-likeness (QED) is 0.662. The molecular weight excluding hydrogens is 396 g/mol. The second kappa shape index (κ2) is 9.60. The summed E-state index contributed by atoms with van der Waals surface area (Å²) in [6.07, 6.45) is 7.25. The van der Waals surface area contributed by atoms with E-state index in [1.54, 1.807) is 19.2 Å². The topological polar surface area (TPSA) is 50.8 Å². The highest BCUT2D eigenvalue weighted by Gasteiger charge is 2.33. The van der Waals surface area contributed by atoms with Crippen LogP contribution in [0.4, 0.5) is 0 Å². The number of rotatable bonds is 7. The average Bonchev–Trinajstić information content (AvgIpc) is 2.88. The number of hydrogen-bond donors (Lipinski definition) is 1. The largest absolute Gasteiger partial charge is 0.493 e. The molecule has 0 bridgehead atoms. The van der Waals surface area contributed by atoms with Crippen molar-refractivity contribution in [3.63, 3.8) is 0 Å². The van der Waals surface area contributed by atoms with E-state index in [9.17, 15) is 4.79 Å². The number of nitrogens with one attached hydrogen (secondary N) is 1. The van der Waals surface area contributed by atoms with E-state index in [-0.39, 0.29) is 11.4 Å². The van der Waals surface area contributed by atoms with E-state index in [1.807, 2.05) is 6.92 Å². The summed E-state index contributed by atoms with van der Waals surface area (Å²) in [5.41, 5.74) is 0.610. The van der Waals surface area contributed by atoms with Gasteiger partial charge in [-0.15, -0.1) is 0 Å². The van der Waals surface area contributed by atoms with E-state index in [1.165, 1.54) is 25.7 Å². The summed E-state index contributed by atoms with van der Waals surface area (Å²) < 4.78 is 11.7. The minimum atomic E-state index is -0.0856. The number of methoxy groups -OCH3 is 1. The number of likely N-dealkylation sites (N-methyl/N-ethyl adjacent to an activating group) is 1. The average molecular weight is 427 g/mol. The molecule has 0 radical (unpaired) electrons. The third-order valence-corrected chi connectivity index (χ3v) is 5.93. The minimum Gasteiger partial charge on any atom is -0.493 e. The molecule has 1 N–H and O–H groups in total. The highest BCUT2D eigenvalue weighted by Crippen LogP contribution is 2.37. The van der Waals surface area contributed by atoms with Gasteiger partial charge in [0.25, 0.3) is 5.91 Å². The summed E-state index contributed by atoms with van der Waals surface area (Å²) in [6, 6.07) is 3.53. The van der Waals surface area contributed by atoms with Crippen molar-refractivity contribution in [2.45, 2.75) is 51.0 Å². The van der Waals surface area contributed by atoms with E-state index in [2.05, 4.69) is 40.2 Å². The second-order valence-corrected chi connectivity index (χ2v) is 7.99. The molecule has 146 valence electrons. The van der Waals surface area contributed by atoms with Gasteiger partial charge in [-0.25, -0.2) is 0 Å². The predicted molar refractivity (Wildman–Crippen MR) is 108 cm³/mol. The summed E-state index contributed by atoms with van der Waals surface area (Å²) in [5, 5.41) is 3.15. The highest BCUT2D eigenvalue weighted by atomic mass is 79.9. The lowest BCUT2D eigenvalue weighted by atomic mass is 9.88. The minimum absolute atomic E-state index is 0.0404. The third kappa shape index (κ3) is 4.92. The van der Waals surface area contributed by atoms with Crippen molar-refractivity contribution in [1.82, 2.24) is 10.2 Å². The molecule has 1 aromatic carbocycles. The van der Waals surface area contributed by atoms with Crippen LogP contribution in [0.3, 0.4) is 0 Å². The Morgan fingerprint density at radius 2 is 1.88 bits per heavy atom. The number of hydrogen-bond acceptors (Lipinski definition) is 4. The SMILES string of the molecule is CCOc1c(Br)cc(C(=O)NCC2(N(C)C)CCCCCC2)cc1OC. The standard InChI is InChI=1S/C20H31BrN2O3/c1-5-26-18-16(21)12-15(13-17(18)25-4)19(24)22-14-20(23(2)3)10-8-6-7-9-11-20/h12-13H,5-11,14H2,1-4H3,(H,22,24). The molecule has 1 amide bonds. The van der Waals surface area contributed by atoms with Gasteiger partial charge in [0.2, 0.25) is 0 Å². The summed E-state index contributed by atoms with van der Waals surface area (Å²) in [4.78, 5) is 15.1. The van der Waals surface area contributed by atoms with Crippen molar-refractivity contribution < 1.29 is 14.3 Å². The molecule has 6 heteroatoms. The van der Waals surface area contributed by atoms with E-state index in [0.29, 0.717) is 30.2 Å². The van der Waals surface area contributed by atoms with Gasteiger partial charge in [0.05, 0.1) is 18.2 Å². The first-order valence-electron chi connectivity index (χ1n) is 9.39. The zero-order valence-electron chi connectivity index (χ0n) is 16.4. The van der Waals surface area contributed by atoms with Gasteiger partial charge in [-0.3, -0.25) is 4.79 Å². The van der Waals surface area contributed by atoms with Crippen molar-refractivity contribution in [2.24, 2.45) is 0 Å². The van der Waals surface area contributed by atoms with E-state index in [4.69, 9.17) is 9.47 Å². The number of nitrogens with zero attached hydrogens (tertiary/aromatic N) is 1. The van der Waals surface area contributed by atoms with Crippen LogP contribution in [-0.2, 0) is 0 Å². The number of halogens is 1. The van der Waals surface area contributed by atoms with Gasteiger partial charge in [0, 0.05) is 17.6 Å². The van der Waals surface area contributed by atoms with Gasteiger partial charge in [-0.2, -0.15) is 0 Å². The van der Waals surface area contributed by atoms with Crippen LogP contribution in [0.1, 0.15) is 55.8 Å². The Hall–Kier alpha value is -1.27. The molecular formula is C20H31BrN2O3. The van der Waals surface area contributed by atoms with Crippen molar-refractivity contribution in [3.05, 3.63) is 22.2 Å². The van der Waals surface area contributed by atoms with Crippen LogP contribution >= 0.6 is 15.9 Å². The van der Waals surface area contributed by atoms with E-state index in [0.717, 1.165) is 17.3 Å². The van der Waals surface area contributed by atoms with Gasteiger partial charge in [0.1, 0.15) is 0 Å². The Balaban J connectivity index is 2.14. The van der Waals surface area contributed by atoms with Gasteiger partial charge in [-0.1, -0.05) is 25.7 Å². The van der Waals surface area contributed by atoms with Crippen LogP contribution in [0.2, 0.25) is 0 Å². The lowest BCUT2D eigenvalue weighted by Gasteiger charge is -2.39. The third-order valence-electron chi connectivity index (χ3n) is 5.34. The molecule has 1 aliphatic rings. The Morgan fingerprint density at radius 3 is 2.42 bits per heavy atom. The lowest BCUT2D eigenvalue weighted by molar-refractivity contribution is 0.0868. The Bertz CT molecular complexity index is 611. The van der Waals surface area contributed by atoms with Crippen LogP contribution < -0.4 is 14.8 Å². The normalized spacial score (nSPS) is 16.8. The molecule has 26 heavy (non-hydrogen) atoms. The number of amides is 1. The molecule has 0 atom stereocenters. The van der Waals surface area contributed by atoms with Gasteiger partial charge in [0.15, 0.2) is 11.5 Å². The second-order valence-electron chi connectivity index (χ2n) is 7.14. The molecule has 1 aromatic rings. The maximum atomic E-state index is 12.8. The maximum Gasteiger partial charge on any atom is 0.251 e. The number of benzene rings is 1. The molecule has 5 nitrogen and oxygen atoms in total. The smallest absolute Gasteiger partial charge is 0.251 e. The molecule has 1 aliphatic carbocycles. The van der Waals surface area contributed by atoms with Crippen LogP contribution in [0.5, 0.6) is 11.5 Å². The van der Waals surface area contributed by atoms with Crippen molar-refractivity contribution >= 4 is 21.8 Å². The molecule has 0 heterocycles. The Labute approximate surface area is 165 Å². The fraction of sp³-hybridized carbons (Fsp3) is 0.650. The first-order chi connectivity index (χ1) is 12.4. The summed E-state index contributed by atoms with van der Waals surface area (Å²) >= 11 is 3.49. The van der Waals surface area contributed by atoms with Gasteiger partial charge >= 0.3 is 0 Å². The monoisotopic (exact) mass is 426 g/mol. The molecule has 0 aliphatic heterocycles. The Kier molecular flexibility index (Phi) is 7.77. The number of carbonyl (C=O) groups excluding carboxylic acids is 1. The van der Waals surface area contributed by atoms with E-state index < -0.39 is 0 Å². The maximum absolute atomic E-state index is 12.8. The number of ether oxygens (including phenoxy) is 2.